The minimum absolute atomic E-state index is 0.141. The SMILES string of the molecule is CCCc1cc(C(=O)Nc2ccc(NC(=O)C(C)(C)C)c(Cl)c2)no1. The van der Waals surface area contributed by atoms with E-state index in [-0.39, 0.29) is 17.5 Å². The molecule has 0 saturated carbocycles. The molecule has 0 radical (unpaired) electrons. The molecule has 0 fully saturated rings. The van der Waals surface area contributed by atoms with Gasteiger partial charge in [-0.2, -0.15) is 0 Å². The first kappa shape index (κ1) is 19.0. The summed E-state index contributed by atoms with van der Waals surface area (Å²) in [6, 6.07) is 6.51. The van der Waals surface area contributed by atoms with Crippen molar-refractivity contribution in [3.63, 3.8) is 0 Å². The fraction of sp³-hybridized carbons (Fsp3) is 0.389. The van der Waals surface area contributed by atoms with Gasteiger partial charge in [0.2, 0.25) is 5.91 Å². The van der Waals surface area contributed by atoms with Crippen LogP contribution < -0.4 is 10.6 Å². The number of hydrogen-bond acceptors (Lipinski definition) is 4. The van der Waals surface area contributed by atoms with Gasteiger partial charge in [-0.3, -0.25) is 9.59 Å². The number of aromatic nitrogens is 1. The molecule has 0 aliphatic rings. The van der Waals surface area contributed by atoms with E-state index in [4.69, 9.17) is 16.1 Å². The van der Waals surface area contributed by atoms with E-state index in [1.54, 1.807) is 24.3 Å². The standard InChI is InChI=1S/C18H22ClN3O3/c1-5-6-12-10-15(22-25-12)16(23)20-11-7-8-14(13(19)9-11)21-17(24)18(2,3)4/h7-10H,5-6H2,1-4H3,(H,20,23)(H,21,24). The maximum absolute atomic E-state index is 12.2. The van der Waals surface area contributed by atoms with E-state index in [2.05, 4.69) is 15.8 Å². The van der Waals surface area contributed by atoms with Crippen LogP contribution in [0.5, 0.6) is 0 Å². The summed E-state index contributed by atoms with van der Waals surface area (Å²) in [5.41, 5.74) is 0.680. The molecule has 1 aromatic heterocycles. The molecule has 0 bridgehead atoms. The minimum Gasteiger partial charge on any atom is -0.361 e. The average Bonchev–Trinajstić information content (AvgIpc) is 2.98. The van der Waals surface area contributed by atoms with Crippen LogP contribution >= 0.6 is 11.6 Å². The van der Waals surface area contributed by atoms with E-state index >= 15 is 0 Å². The zero-order valence-electron chi connectivity index (χ0n) is 14.8. The van der Waals surface area contributed by atoms with Gasteiger partial charge in [0.1, 0.15) is 5.76 Å². The van der Waals surface area contributed by atoms with Crippen LogP contribution in [0.2, 0.25) is 5.02 Å². The molecule has 1 heterocycles. The van der Waals surface area contributed by atoms with Gasteiger partial charge in [0, 0.05) is 23.6 Å². The molecule has 0 aliphatic heterocycles. The fourth-order valence-corrected chi connectivity index (χ4v) is 2.21. The summed E-state index contributed by atoms with van der Waals surface area (Å²) in [5.74, 6) is 0.150. The molecule has 0 atom stereocenters. The zero-order chi connectivity index (χ0) is 18.6. The molecular formula is C18H22ClN3O3. The number of anilines is 2. The quantitative estimate of drug-likeness (QED) is 0.818. The van der Waals surface area contributed by atoms with Gasteiger partial charge in [0.15, 0.2) is 5.69 Å². The Morgan fingerprint density at radius 3 is 2.52 bits per heavy atom. The third-order valence-corrected chi connectivity index (χ3v) is 3.76. The first-order chi connectivity index (χ1) is 11.7. The van der Waals surface area contributed by atoms with Crippen molar-refractivity contribution in [2.24, 2.45) is 5.41 Å². The molecule has 0 spiro atoms. The van der Waals surface area contributed by atoms with Gasteiger partial charge in [-0.25, -0.2) is 0 Å². The van der Waals surface area contributed by atoms with Crippen molar-refractivity contribution >= 4 is 34.8 Å². The van der Waals surface area contributed by atoms with Gasteiger partial charge in [0.25, 0.3) is 5.91 Å². The number of amides is 2. The second-order valence-corrected chi connectivity index (χ2v) is 7.19. The lowest BCUT2D eigenvalue weighted by atomic mass is 9.95. The Morgan fingerprint density at radius 2 is 1.92 bits per heavy atom. The molecule has 0 aliphatic carbocycles. The lowest BCUT2D eigenvalue weighted by Gasteiger charge is -2.18. The summed E-state index contributed by atoms with van der Waals surface area (Å²) < 4.78 is 5.10. The molecule has 25 heavy (non-hydrogen) atoms. The van der Waals surface area contributed by atoms with Crippen LogP contribution in [0.3, 0.4) is 0 Å². The largest absolute Gasteiger partial charge is 0.361 e. The Bertz CT molecular complexity index is 778. The Morgan fingerprint density at radius 1 is 1.20 bits per heavy atom. The summed E-state index contributed by atoms with van der Waals surface area (Å²) in [5, 5.41) is 9.57. The Labute approximate surface area is 151 Å². The van der Waals surface area contributed by atoms with Crippen molar-refractivity contribution in [2.45, 2.75) is 40.5 Å². The van der Waals surface area contributed by atoms with Gasteiger partial charge < -0.3 is 15.2 Å². The molecule has 2 aromatic rings. The topological polar surface area (TPSA) is 84.2 Å². The Kier molecular flexibility index (Phi) is 5.85. The Balaban J connectivity index is 2.07. The molecule has 134 valence electrons. The van der Waals surface area contributed by atoms with E-state index in [1.807, 2.05) is 27.7 Å². The molecule has 1 aromatic carbocycles. The third-order valence-electron chi connectivity index (χ3n) is 3.44. The van der Waals surface area contributed by atoms with E-state index in [0.29, 0.717) is 22.2 Å². The van der Waals surface area contributed by atoms with Gasteiger partial charge in [-0.05, 0) is 24.6 Å². The predicted octanol–water partition coefficient (Wildman–Crippen LogP) is 4.52. The molecule has 2 rings (SSSR count). The maximum atomic E-state index is 12.2. The molecular weight excluding hydrogens is 342 g/mol. The maximum Gasteiger partial charge on any atom is 0.277 e. The lowest BCUT2D eigenvalue weighted by molar-refractivity contribution is -0.123. The van der Waals surface area contributed by atoms with Crippen LogP contribution in [0.1, 0.15) is 50.4 Å². The van der Waals surface area contributed by atoms with Crippen molar-refractivity contribution in [3.05, 3.63) is 40.7 Å². The van der Waals surface area contributed by atoms with Gasteiger partial charge in [-0.15, -0.1) is 0 Å². The van der Waals surface area contributed by atoms with Crippen LogP contribution in [0.25, 0.3) is 0 Å². The predicted molar refractivity (Wildman–Crippen MR) is 98.0 cm³/mol. The second kappa shape index (κ2) is 7.70. The highest BCUT2D eigenvalue weighted by atomic mass is 35.5. The highest BCUT2D eigenvalue weighted by Gasteiger charge is 2.22. The van der Waals surface area contributed by atoms with E-state index in [1.165, 1.54) is 0 Å². The van der Waals surface area contributed by atoms with Crippen LogP contribution in [0.15, 0.2) is 28.8 Å². The number of carbonyl (C=O) groups is 2. The van der Waals surface area contributed by atoms with Crippen molar-refractivity contribution in [3.8, 4) is 0 Å². The second-order valence-electron chi connectivity index (χ2n) is 6.78. The van der Waals surface area contributed by atoms with Crippen LogP contribution in [-0.2, 0) is 11.2 Å². The summed E-state index contributed by atoms with van der Waals surface area (Å²) >= 11 is 6.20. The number of nitrogens with one attached hydrogen (secondary N) is 2. The molecule has 2 N–H and O–H groups in total. The van der Waals surface area contributed by atoms with E-state index < -0.39 is 5.41 Å². The zero-order valence-corrected chi connectivity index (χ0v) is 15.5. The summed E-state index contributed by atoms with van der Waals surface area (Å²) in [7, 11) is 0. The van der Waals surface area contributed by atoms with Crippen molar-refractivity contribution < 1.29 is 14.1 Å². The van der Waals surface area contributed by atoms with Crippen molar-refractivity contribution in [1.82, 2.24) is 5.16 Å². The van der Waals surface area contributed by atoms with Gasteiger partial charge in [0.05, 0.1) is 10.7 Å². The summed E-state index contributed by atoms with van der Waals surface area (Å²) in [6.07, 6.45) is 1.64. The number of hydrogen-bond donors (Lipinski definition) is 2. The monoisotopic (exact) mass is 363 g/mol. The minimum atomic E-state index is -0.528. The number of rotatable bonds is 5. The van der Waals surface area contributed by atoms with E-state index in [0.717, 1.165) is 12.8 Å². The molecule has 7 heteroatoms. The van der Waals surface area contributed by atoms with Crippen molar-refractivity contribution in [2.75, 3.05) is 10.6 Å². The van der Waals surface area contributed by atoms with Crippen molar-refractivity contribution in [1.29, 1.82) is 0 Å². The number of carbonyl (C=O) groups excluding carboxylic acids is 2. The first-order valence-corrected chi connectivity index (χ1v) is 8.46. The number of benzene rings is 1. The van der Waals surface area contributed by atoms with E-state index in [9.17, 15) is 9.59 Å². The number of nitrogens with zero attached hydrogens (tertiary/aromatic N) is 1. The third kappa shape index (κ3) is 5.06. The lowest BCUT2D eigenvalue weighted by Crippen LogP contribution is -2.27. The van der Waals surface area contributed by atoms with Crippen LogP contribution in [0.4, 0.5) is 11.4 Å². The molecule has 6 nitrogen and oxygen atoms in total. The normalized spacial score (nSPS) is 11.2. The Hall–Kier alpha value is -2.34. The molecule has 0 saturated heterocycles. The number of aryl methyl sites for hydroxylation is 1. The van der Waals surface area contributed by atoms with Gasteiger partial charge >= 0.3 is 0 Å². The first-order valence-electron chi connectivity index (χ1n) is 8.08. The molecule has 0 unspecified atom stereocenters. The summed E-state index contributed by atoms with van der Waals surface area (Å²) in [4.78, 5) is 24.2. The number of halogens is 1. The molecule has 2 amide bonds. The summed E-state index contributed by atoms with van der Waals surface area (Å²) in [6.45, 7) is 7.46. The smallest absolute Gasteiger partial charge is 0.277 e. The van der Waals surface area contributed by atoms with Crippen LogP contribution in [-0.4, -0.2) is 17.0 Å². The highest BCUT2D eigenvalue weighted by Crippen LogP contribution is 2.27. The average molecular weight is 364 g/mol. The highest BCUT2D eigenvalue weighted by molar-refractivity contribution is 6.34. The van der Waals surface area contributed by atoms with Gasteiger partial charge in [-0.1, -0.05) is 44.5 Å². The van der Waals surface area contributed by atoms with Crippen LogP contribution in [0, 0.1) is 5.41 Å². The fourth-order valence-electron chi connectivity index (χ4n) is 1.98.